The zero-order valence-corrected chi connectivity index (χ0v) is 11.9. The Kier molecular flexibility index (Phi) is 4.04. The third-order valence-corrected chi connectivity index (χ3v) is 3.40. The molecular formula is C14H18N2O5. The topological polar surface area (TPSA) is 99.1 Å². The summed E-state index contributed by atoms with van der Waals surface area (Å²) in [5, 5.41) is 21.4. The van der Waals surface area contributed by atoms with Crippen LogP contribution in [-0.2, 0) is 4.74 Å². The molecule has 1 aromatic carbocycles. The van der Waals surface area contributed by atoms with Gasteiger partial charge in [-0.1, -0.05) is 6.07 Å². The molecule has 114 valence electrons. The van der Waals surface area contributed by atoms with E-state index in [1.165, 1.54) is 18.2 Å². The molecule has 1 fully saturated rings. The summed E-state index contributed by atoms with van der Waals surface area (Å²) < 4.78 is 5.34. The lowest BCUT2D eigenvalue weighted by molar-refractivity contribution is -0.0249. The molecule has 0 spiro atoms. The molecule has 0 atom stereocenters. The minimum absolute atomic E-state index is 0.0715. The number of carbonyl (C=O) groups excluding carboxylic acids is 1. The second-order valence-corrected chi connectivity index (χ2v) is 5.45. The monoisotopic (exact) mass is 294 g/mol. The van der Waals surface area contributed by atoms with E-state index in [1.807, 2.05) is 13.8 Å². The van der Waals surface area contributed by atoms with E-state index in [0.29, 0.717) is 19.8 Å². The Hall–Kier alpha value is -2.28. The Morgan fingerprint density at radius 1 is 1.38 bits per heavy atom. The zero-order valence-electron chi connectivity index (χ0n) is 11.9. The third-order valence-electron chi connectivity index (χ3n) is 3.40. The fourth-order valence-corrected chi connectivity index (χ4v) is 2.23. The molecule has 1 saturated heterocycles. The molecule has 21 heavy (non-hydrogen) atoms. The van der Waals surface area contributed by atoms with Crippen molar-refractivity contribution in [2.75, 3.05) is 25.1 Å². The van der Waals surface area contributed by atoms with Crippen molar-refractivity contribution < 1.29 is 24.5 Å². The molecule has 0 aromatic heterocycles. The number of hydrogen-bond acceptors (Lipinski definition) is 4. The molecule has 1 heterocycles. The van der Waals surface area contributed by atoms with Gasteiger partial charge >= 0.3 is 12.0 Å². The number of urea groups is 1. The van der Waals surface area contributed by atoms with Crippen LogP contribution in [0.1, 0.15) is 24.2 Å². The highest BCUT2D eigenvalue weighted by molar-refractivity contribution is 5.97. The maximum absolute atomic E-state index is 12.3. The molecule has 1 aromatic rings. The van der Waals surface area contributed by atoms with E-state index in [9.17, 15) is 14.7 Å². The highest BCUT2D eigenvalue weighted by Crippen LogP contribution is 2.28. The van der Waals surface area contributed by atoms with E-state index in [2.05, 4.69) is 5.32 Å². The molecule has 0 radical (unpaired) electrons. The van der Waals surface area contributed by atoms with Crippen molar-refractivity contribution in [1.82, 2.24) is 4.90 Å². The van der Waals surface area contributed by atoms with Crippen LogP contribution in [0.5, 0.6) is 5.75 Å². The lowest BCUT2D eigenvalue weighted by Crippen LogP contribution is -2.56. The second-order valence-electron chi connectivity index (χ2n) is 5.45. The molecule has 3 N–H and O–H groups in total. The Labute approximate surface area is 122 Å². The van der Waals surface area contributed by atoms with Gasteiger partial charge in [0.2, 0.25) is 0 Å². The predicted molar refractivity (Wildman–Crippen MR) is 75.7 cm³/mol. The number of rotatable bonds is 2. The highest BCUT2D eigenvalue weighted by Gasteiger charge is 2.34. The summed E-state index contributed by atoms with van der Waals surface area (Å²) in [6.45, 7) is 5.04. The molecule has 7 nitrogen and oxygen atoms in total. The molecule has 0 saturated carbocycles. The number of carbonyl (C=O) groups is 2. The van der Waals surface area contributed by atoms with Crippen LogP contribution in [0.2, 0.25) is 0 Å². The first kappa shape index (κ1) is 15.1. The summed E-state index contributed by atoms with van der Waals surface area (Å²) >= 11 is 0. The molecule has 1 aliphatic heterocycles. The van der Waals surface area contributed by atoms with Crippen LogP contribution in [0.25, 0.3) is 0 Å². The van der Waals surface area contributed by atoms with Gasteiger partial charge in [-0.15, -0.1) is 0 Å². The summed E-state index contributed by atoms with van der Waals surface area (Å²) in [7, 11) is 0. The largest absolute Gasteiger partial charge is 0.505 e. The number of para-hydroxylation sites is 1. The predicted octanol–water partition coefficient (Wildman–Crippen LogP) is 1.73. The minimum Gasteiger partial charge on any atom is -0.505 e. The van der Waals surface area contributed by atoms with Gasteiger partial charge in [0.1, 0.15) is 5.56 Å². The average molecular weight is 294 g/mol. The number of anilines is 1. The van der Waals surface area contributed by atoms with Crippen molar-refractivity contribution in [2.45, 2.75) is 19.4 Å². The summed E-state index contributed by atoms with van der Waals surface area (Å²) in [5.74, 6) is -1.71. The van der Waals surface area contributed by atoms with Gasteiger partial charge in [-0.3, -0.25) is 0 Å². The van der Waals surface area contributed by atoms with Crippen molar-refractivity contribution in [3.05, 3.63) is 23.8 Å². The van der Waals surface area contributed by atoms with Crippen LogP contribution in [0.4, 0.5) is 10.5 Å². The van der Waals surface area contributed by atoms with Crippen molar-refractivity contribution in [2.24, 2.45) is 0 Å². The first-order valence-electron chi connectivity index (χ1n) is 6.54. The lowest BCUT2D eigenvalue weighted by atomic mass is 10.0. The number of phenols is 1. The van der Waals surface area contributed by atoms with E-state index in [-0.39, 0.29) is 11.3 Å². The fraction of sp³-hybridized carbons (Fsp3) is 0.429. The maximum atomic E-state index is 12.3. The number of carboxylic acid groups (broad SMARTS) is 1. The van der Waals surface area contributed by atoms with Crippen LogP contribution in [0.3, 0.4) is 0 Å². The Balaban J connectivity index is 2.20. The summed E-state index contributed by atoms with van der Waals surface area (Å²) in [5.41, 5.74) is -0.654. The smallest absolute Gasteiger partial charge is 0.339 e. The number of benzene rings is 1. The third kappa shape index (κ3) is 3.08. The van der Waals surface area contributed by atoms with E-state index >= 15 is 0 Å². The van der Waals surface area contributed by atoms with Crippen molar-refractivity contribution in [1.29, 1.82) is 0 Å². The maximum Gasteiger partial charge on any atom is 0.339 e. The van der Waals surface area contributed by atoms with Gasteiger partial charge in [-0.2, -0.15) is 0 Å². The van der Waals surface area contributed by atoms with Gasteiger partial charge in [0.25, 0.3) is 0 Å². The standard InChI is InChI=1S/C14H18N2O5/c1-14(2)8-21-7-6-16(14)13(20)15-10-5-3-4-9(11(10)17)12(18)19/h3-5,17H,6-8H2,1-2H3,(H,15,20)(H,18,19). The molecule has 2 amide bonds. The minimum atomic E-state index is -1.25. The van der Waals surface area contributed by atoms with Crippen molar-refractivity contribution in [3.63, 3.8) is 0 Å². The molecule has 0 unspecified atom stereocenters. The van der Waals surface area contributed by atoms with Gasteiger partial charge in [0.15, 0.2) is 5.75 Å². The lowest BCUT2D eigenvalue weighted by Gasteiger charge is -2.41. The van der Waals surface area contributed by atoms with E-state index in [4.69, 9.17) is 9.84 Å². The van der Waals surface area contributed by atoms with Crippen LogP contribution in [0.15, 0.2) is 18.2 Å². The van der Waals surface area contributed by atoms with E-state index in [0.717, 1.165) is 0 Å². The highest BCUT2D eigenvalue weighted by atomic mass is 16.5. The number of hydrogen-bond donors (Lipinski definition) is 3. The quantitative estimate of drug-likeness (QED) is 0.721. The van der Waals surface area contributed by atoms with Crippen molar-refractivity contribution in [3.8, 4) is 5.75 Å². The number of nitrogens with one attached hydrogen (secondary N) is 1. The Morgan fingerprint density at radius 2 is 2.10 bits per heavy atom. The summed E-state index contributed by atoms with van der Waals surface area (Å²) in [6.07, 6.45) is 0. The summed E-state index contributed by atoms with van der Waals surface area (Å²) in [6, 6.07) is 3.78. The average Bonchev–Trinajstić information content (AvgIpc) is 2.40. The number of carboxylic acids is 1. The fourth-order valence-electron chi connectivity index (χ4n) is 2.23. The molecule has 2 rings (SSSR count). The van der Waals surface area contributed by atoms with Crippen LogP contribution in [0, 0.1) is 0 Å². The van der Waals surface area contributed by atoms with Crippen LogP contribution >= 0.6 is 0 Å². The normalized spacial score (nSPS) is 17.3. The number of morpholine rings is 1. The van der Waals surface area contributed by atoms with Gasteiger partial charge in [-0.25, -0.2) is 9.59 Å². The number of aromatic hydroxyl groups is 1. The zero-order chi connectivity index (χ0) is 15.6. The van der Waals surface area contributed by atoms with E-state index in [1.54, 1.807) is 4.90 Å². The number of aromatic carboxylic acids is 1. The molecule has 1 aliphatic rings. The molecule has 0 aliphatic carbocycles. The molecular weight excluding hydrogens is 276 g/mol. The first-order valence-corrected chi connectivity index (χ1v) is 6.54. The van der Waals surface area contributed by atoms with Gasteiger partial charge in [0.05, 0.1) is 24.4 Å². The molecule has 0 bridgehead atoms. The summed E-state index contributed by atoms with van der Waals surface area (Å²) in [4.78, 5) is 24.9. The Morgan fingerprint density at radius 3 is 2.71 bits per heavy atom. The van der Waals surface area contributed by atoms with Crippen molar-refractivity contribution >= 4 is 17.7 Å². The SMILES string of the molecule is CC1(C)COCCN1C(=O)Nc1cccc(C(=O)O)c1O. The van der Waals surface area contributed by atoms with Crippen LogP contribution in [-0.4, -0.2) is 52.4 Å². The molecule has 7 heteroatoms. The van der Waals surface area contributed by atoms with Gasteiger partial charge in [0, 0.05) is 6.54 Å². The number of ether oxygens (including phenoxy) is 1. The number of nitrogens with zero attached hydrogens (tertiary/aromatic N) is 1. The Bertz CT molecular complexity index is 570. The van der Waals surface area contributed by atoms with Gasteiger partial charge < -0.3 is 25.2 Å². The van der Waals surface area contributed by atoms with E-state index < -0.39 is 23.3 Å². The number of amides is 2. The first-order chi connectivity index (χ1) is 9.83. The second kappa shape index (κ2) is 5.61. The van der Waals surface area contributed by atoms with Gasteiger partial charge in [-0.05, 0) is 26.0 Å². The van der Waals surface area contributed by atoms with Crippen LogP contribution < -0.4 is 5.32 Å².